The molecule has 1 atom stereocenters. The van der Waals surface area contributed by atoms with E-state index in [4.69, 9.17) is 8.94 Å². The van der Waals surface area contributed by atoms with Crippen molar-refractivity contribution in [3.63, 3.8) is 0 Å². The maximum Gasteiger partial charge on any atom is 0.272 e. The average Bonchev–Trinajstić information content (AvgIpc) is 3.56. The molecule has 1 unspecified atom stereocenters. The number of hydrogen-bond acceptors (Lipinski definition) is 7. The lowest BCUT2D eigenvalue weighted by Crippen LogP contribution is -2.30. The van der Waals surface area contributed by atoms with Crippen LogP contribution in [0, 0.1) is 6.92 Å². The second-order valence-corrected chi connectivity index (χ2v) is 9.36. The molecule has 0 fully saturated rings. The van der Waals surface area contributed by atoms with Gasteiger partial charge in [-0.3, -0.25) is 14.4 Å². The molecule has 4 aromatic rings. The van der Waals surface area contributed by atoms with Gasteiger partial charge >= 0.3 is 0 Å². The summed E-state index contributed by atoms with van der Waals surface area (Å²) in [5.74, 6) is 0.238. The zero-order valence-electron chi connectivity index (χ0n) is 20.1. The van der Waals surface area contributed by atoms with Crippen LogP contribution in [0.3, 0.4) is 0 Å². The first kappa shape index (κ1) is 25.5. The maximum absolute atomic E-state index is 13.0. The fraction of sp³-hybridized carbons (Fsp3) is 0.111. The molecule has 0 aliphatic heterocycles. The van der Waals surface area contributed by atoms with Crippen LogP contribution in [-0.4, -0.2) is 28.1 Å². The molecule has 4 rings (SSSR count). The van der Waals surface area contributed by atoms with Gasteiger partial charge in [-0.25, -0.2) is 0 Å². The van der Waals surface area contributed by atoms with Crippen LogP contribution >= 0.6 is 11.8 Å². The van der Waals surface area contributed by atoms with Crippen LogP contribution in [0.1, 0.15) is 28.8 Å². The van der Waals surface area contributed by atoms with Crippen molar-refractivity contribution in [3.05, 3.63) is 102 Å². The van der Waals surface area contributed by atoms with Crippen LogP contribution in [0.15, 0.2) is 98.6 Å². The minimum absolute atomic E-state index is 0.0237. The van der Waals surface area contributed by atoms with Gasteiger partial charge in [-0.05, 0) is 62.4 Å². The van der Waals surface area contributed by atoms with Gasteiger partial charge in [-0.15, -0.1) is 11.8 Å². The highest BCUT2D eigenvalue weighted by Gasteiger charge is 2.18. The number of thioether (sulfide) groups is 1. The molecule has 188 valence electrons. The molecule has 2 heterocycles. The first-order chi connectivity index (χ1) is 17.9. The lowest BCUT2D eigenvalue weighted by molar-refractivity contribution is -0.115. The number of benzene rings is 2. The fourth-order valence-electron chi connectivity index (χ4n) is 3.18. The van der Waals surface area contributed by atoms with Crippen LogP contribution in [0.4, 0.5) is 11.5 Å². The number of anilines is 2. The molecule has 0 saturated heterocycles. The highest BCUT2D eigenvalue weighted by atomic mass is 32.2. The number of carbonyl (C=O) groups is 3. The van der Waals surface area contributed by atoms with E-state index >= 15 is 0 Å². The Hall–Kier alpha value is -4.57. The molecular weight excluding hydrogens is 492 g/mol. The molecule has 3 N–H and O–H groups in total. The van der Waals surface area contributed by atoms with E-state index in [-0.39, 0.29) is 11.6 Å². The van der Waals surface area contributed by atoms with Crippen LogP contribution in [-0.2, 0) is 9.59 Å². The van der Waals surface area contributed by atoms with Gasteiger partial charge in [-0.2, -0.15) is 0 Å². The van der Waals surface area contributed by atoms with Crippen molar-refractivity contribution in [2.45, 2.75) is 24.0 Å². The molecule has 2 aromatic carbocycles. The third-order valence-corrected chi connectivity index (χ3v) is 6.14. The van der Waals surface area contributed by atoms with E-state index in [1.54, 1.807) is 86.6 Å². The van der Waals surface area contributed by atoms with Crippen LogP contribution < -0.4 is 16.0 Å². The van der Waals surface area contributed by atoms with Crippen LogP contribution in [0.25, 0.3) is 6.08 Å². The summed E-state index contributed by atoms with van der Waals surface area (Å²) in [7, 11) is 0. The van der Waals surface area contributed by atoms with E-state index in [0.717, 1.165) is 4.90 Å². The lowest BCUT2D eigenvalue weighted by atomic mass is 10.2. The van der Waals surface area contributed by atoms with Gasteiger partial charge in [-0.1, -0.05) is 23.4 Å². The van der Waals surface area contributed by atoms with E-state index in [2.05, 4.69) is 21.1 Å². The summed E-state index contributed by atoms with van der Waals surface area (Å²) in [6.07, 6.45) is 2.93. The van der Waals surface area contributed by atoms with E-state index in [0.29, 0.717) is 28.6 Å². The third kappa shape index (κ3) is 7.21. The summed E-state index contributed by atoms with van der Waals surface area (Å²) in [4.78, 5) is 38.9. The molecule has 0 radical (unpaired) electrons. The van der Waals surface area contributed by atoms with Crippen LogP contribution in [0.5, 0.6) is 0 Å². The van der Waals surface area contributed by atoms with Gasteiger partial charge in [0, 0.05) is 28.3 Å². The molecule has 0 aliphatic rings. The van der Waals surface area contributed by atoms with Gasteiger partial charge < -0.3 is 24.9 Å². The Bertz CT molecular complexity index is 1400. The number of aromatic nitrogens is 1. The Kier molecular flexibility index (Phi) is 8.22. The highest BCUT2D eigenvalue weighted by molar-refractivity contribution is 8.00. The Morgan fingerprint density at radius 3 is 2.38 bits per heavy atom. The predicted octanol–water partition coefficient (Wildman–Crippen LogP) is 5.10. The van der Waals surface area contributed by atoms with Gasteiger partial charge in [0.2, 0.25) is 5.91 Å². The molecule has 0 spiro atoms. The van der Waals surface area contributed by atoms with E-state index in [9.17, 15) is 14.4 Å². The normalized spacial score (nSPS) is 12.0. The Labute approximate surface area is 217 Å². The molecule has 3 amide bonds. The van der Waals surface area contributed by atoms with Crippen molar-refractivity contribution in [2.24, 2.45) is 0 Å². The van der Waals surface area contributed by atoms with Gasteiger partial charge in [0.25, 0.3) is 11.8 Å². The monoisotopic (exact) mass is 516 g/mol. The Morgan fingerprint density at radius 1 is 0.973 bits per heavy atom. The summed E-state index contributed by atoms with van der Waals surface area (Å²) in [6, 6.07) is 20.6. The number of carbonyl (C=O) groups excluding carboxylic acids is 3. The highest BCUT2D eigenvalue weighted by Crippen LogP contribution is 2.26. The van der Waals surface area contributed by atoms with Crippen molar-refractivity contribution in [3.8, 4) is 0 Å². The molecule has 0 bridgehead atoms. The molecule has 2 aromatic heterocycles. The minimum atomic E-state index is -0.517. The van der Waals surface area contributed by atoms with Crippen molar-refractivity contribution >= 4 is 47.1 Å². The Balaban J connectivity index is 1.39. The second kappa shape index (κ2) is 11.9. The molecule has 0 saturated carbocycles. The smallest absolute Gasteiger partial charge is 0.272 e. The standard InChI is InChI=1S/C27H24N4O5S/c1-17-15-24(31-36-17)30-25(32)18(2)37-22-12-10-20(11-13-22)28-27(34)23(16-21-9-6-14-35-21)29-26(33)19-7-4-3-5-8-19/h3-16,18H,1-2H3,(H,28,34)(H,29,33)(H,30,31,32). The van der Waals surface area contributed by atoms with Crippen molar-refractivity contribution < 1.29 is 23.3 Å². The summed E-state index contributed by atoms with van der Waals surface area (Å²) in [5.41, 5.74) is 0.957. The minimum Gasteiger partial charge on any atom is -0.465 e. The summed E-state index contributed by atoms with van der Waals surface area (Å²) < 4.78 is 10.3. The lowest BCUT2D eigenvalue weighted by Gasteiger charge is -2.12. The number of nitrogens with zero attached hydrogens (tertiary/aromatic N) is 1. The zero-order valence-corrected chi connectivity index (χ0v) is 20.9. The van der Waals surface area contributed by atoms with Gasteiger partial charge in [0.05, 0.1) is 11.5 Å². The number of furan rings is 1. The zero-order chi connectivity index (χ0) is 26.2. The first-order valence-corrected chi connectivity index (χ1v) is 12.2. The third-order valence-electron chi connectivity index (χ3n) is 5.03. The average molecular weight is 517 g/mol. The first-order valence-electron chi connectivity index (χ1n) is 11.3. The summed E-state index contributed by atoms with van der Waals surface area (Å²) >= 11 is 1.36. The topological polar surface area (TPSA) is 126 Å². The summed E-state index contributed by atoms with van der Waals surface area (Å²) in [6.45, 7) is 3.53. The largest absolute Gasteiger partial charge is 0.465 e. The van der Waals surface area contributed by atoms with Gasteiger partial charge in [0.1, 0.15) is 17.2 Å². The number of amides is 3. The molecule has 37 heavy (non-hydrogen) atoms. The number of nitrogens with one attached hydrogen (secondary N) is 3. The maximum atomic E-state index is 13.0. The van der Waals surface area contributed by atoms with Gasteiger partial charge in [0.15, 0.2) is 5.82 Å². The van der Waals surface area contributed by atoms with E-state index in [1.807, 2.05) is 0 Å². The predicted molar refractivity (Wildman–Crippen MR) is 141 cm³/mol. The van der Waals surface area contributed by atoms with Crippen molar-refractivity contribution in [1.29, 1.82) is 0 Å². The quantitative estimate of drug-likeness (QED) is 0.209. The van der Waals surface area contributed by atoms with Crippen LogP contribution in [0.2, 0.25) is 0 Å². The number of aryl methyl sites for hydroxylation is 1. The molecule has 10 heteroatoms. The molecular formula is C27H24N4O5S. The molecule has 0 aliphatic carbocycles. The fourth-order valence-corrected chi connectivity index (χ4v) is 4.05. The second-order valence-electron chi connectivity index (χ2n) is 7.94. The van der Waals surface area contributed by atoms with Crippen molar-refractivity contribution in [2.75, 3.05) is 10.6 Å². The van der Waals surface area contributed by atoms with E-state index < -0.39 is 17.1 Å². The summed E-state index contributed by atoms with van der Waals surface area (Å²) in [5, 5.41) is 11.5. The number of rotatable bonds is 9. The SMILES string of the molecule is Cc1cc(NC(=O)C(C)Sc2ccc(NC(=O)C(=Cc3ccco3)NC(=O)c3ccccc3)cc2)no1. The Morgan fingerprint density at radius 2 is 1.73 bits per heavy atom. The number of hydrogen-bond donors (Lipinski definition) is 3. The molecule has 9 nitrogen and oxygen atoms in total. The van der Waals surface area contributed by atoms with E-state index in [1.165, 1.54) is 24.1 Å². The van der Waals surface area contributed by atoms with Crippen molar-refractivity contribution in [1.82, 2.24) is 10.5 Å².